The van der Waals surface area contributed by atoms with E-state index in [0.29, 0.717) is 39.0 Å². The van der Waals surface area contributed by atoms with Crippen molar-refractivity contribution in [2.75, 3.05) is 33.0 Å². The number of nitrogens with one attached hydrogen (secondary N) is 1. The minimum atomic E-state index is -2.62. The van der Waals surface area contributed by atoms with Crippen LogP contribution in [0.25, 0.3) is 0 Å². The molecule has 0 spiro atoms. The SMILES string of the molecule is CCCCCCCCCCCCCCCCCOC(=O)NCCC[Si](OCC)(OCC)OCC. The first-order valence-electron chi connectivity index (χ1n) is 14.5. The van der Waals surface area contributed by atoms with Crippen LogP contribution in [-0.4, -0.2) is 47.9 Å². The van der Waals surface area contributed by atoms with Gasteiger partial charge in [-0.2, -0.15) is 0 Å². The number of hydrogen-bond acceptors (Lipinski definition) is 5. The molecule has 0 aromatic carbocycles. The molecule has 0 saturated heterocycles. The second kappa shape index (κ2) is 25.5. The van der Waals surface area contributed by atoms with Crippen molar-refractivity contribution < 1.29 is 22.8 Å². The minimum absolute atomic E-state index is 0.332. The largest absolute Gasteiger partial charge is 0.500 e. The lowest BCUT2D eigenvalue weighted by molar-refractivity contribution is 0.0706. The van der Waals surface area contributed by atoms with Gasteiger partial charge in [0, 0.05) is 32.4 Å². The second-order valence-electron chi connectivity index (χ2n) is 9.10. The Morgan fingerprint density at radius 3 is 1.41 bits per heavy atom. The van der Waals surface area contributed by atoms with Gasteiger partial charge in [0.15, 0.2) is 0 Å². The van der Waals surface area contributed by atoms with Crippen molar-refractivity contribution in [3.05, 3.63) is 0 Å². The van der Waals surface area contributed by atoms with Crippen molar-refractivity contribution in [1.29, 1.82) is 0 Å². The number of unbranched alkanes of at least 4 members (excludes halogenated alkanes) is 14. The maximum absolute atomic E-state index is 11.9. The molecule has 7 heteroatoms. The van der Waals surface area contributed by atoms with E-state index in [9.17, 15) is 4.79 Å². The average molecular weight is 504 g/mol. The molecule has 0 heterocycles. The lowest BCUT2D eigenvalue weighted by Gasteiger charge is -2.28. The molecule has 0 atom stereocenters. The first kappa shape index (κ1) is 33.4. The number of amides is 1. The number of carbonyl (C=O) groups is 1. The molecule has 0 aromatic heterocycles. The molecule has 0 aliphatic carbocycles. The molecule has 0 aliphatic heterocycles. The van der Waals surface area contributed by atoms with Crippen LogP contribution in [0.3, 0.4) is 0 Å². The van der Waals surface area contributed by atoms with Crippen LogP contribution in [0.1, 0.15) is 130 Å². The van der Waals surface area contributed by atoms with Gasteiger partial charge in [-0.05, 0) is 33.6 Å². The molecule has 0 unspecified atom stereocenters. The molecule has 204 valence electrons. The quantitative estimate of drug-likeness (QED) is 0.0956. The van der Waals surface area contributed by atoms with E-state index < -0.39 is 8.80 Å². The first-order valence-corrected chi connectivity index (χ1v) is 16.4. The van der Waals surface area contributed by atoms with Gasteiger partial charge in [0.25, 0.3) is 0 Å². The lowest BCUT2D eigenvalue weighted by Crippen LogP contribution is -2.46. The average Bonchev–Trinajstić information content (AvgIpc) is 2.82. The number of rotatable bonds is 26. The Bertz CT molecular complexity index is 422. The van der Waals surface area contributed by atoms with Gasteiger partial charge < -0.3 is 23.3 Å². The molecule has 0 bridgehead atoms. The highest BCUT2D eigenvalue weighted by atomic mass is 28.4. The fraction of sp³-hybridized carbons (Fsp3) is 0.963. The summed E-state index contributed by atoms with van der Waals surface area (Å²) in [7, 11) is -2.62. The first-order chi connectivity index (χ1) is 16.6. The summed E-state index contributed by atoms with van der Waals surface area (Å²) < 4.78 is 22.8. The Morgan fingerprint density at radius 1 is 0.588 bits per heavy atom. The molecule has 1 N–H and O–H groups in total. The van der Waals surface area contributed by atoms with Crippen LogP contribution >= 0.6 is 0 Å². The summed E-state index contributed by atoms with van der Waals surface area (Å²) in [6, 6.07) is 0.696. The maximum Gasteiger partial charge on any atom is 0.500 e. The van der Waals surface area contributed by atoms with Crippen LogP contribution in [0.4, 0.5) is 4.79 Å². The maximum atomic E-state index is 11.9. The Kier molecular flexibility index (Phi) is 25.0. The molecule has 0 aromatic rings. The van der Waals surface area contributed by atoms with Crippen LogP contribution in [0.2, 0.25) is 6.04 Å². The third-order valence-electron chi connectivity index (χ3n) is 6.00. The van der Waals surface area contributed by atoms with Crippen LogP contribution in [0.5, 0.6) is 0 Å². The molecular formula is C27H57NO5Si. The van der Waals surface area contributed by atoms with Crippen molar-refractivity contribution in [3.8, 4) is 0 Å². The van der Waals surface area contributed by atoms with Gasteiger partial charge in [-0.3, -0.25) is 0 Å². The van der Waals surface area contributed by atoms with Gasteiger partial charge in [0.05, 0.1) is 6.61 Å². The van der Waals surface area contributed by atoms with E-state index in [1.54, 1.807) is 0 Å². The summed E-state index contributed by atoms with van der Waals surface area (Å²) in [6.45, 7) is 10.9. The molecule has 0 saturated carbocycles. The molecule has 6 nitrogen and oxygen atoms in total. The van der Waals surface area contributed by atoms with E-state index >= 15 is 0 Å². The summed E-state index contributed by atoms with van der Waals surface area (Å²) in [5, 5.41) is 2.83. The molecule has 0 fully saturated rings. The number of carbonyl (C=O) groups excluding carboxylic acids is 1. The Labute approximate surface area is 212 Å². The van der Waals surface area contributed by atoms with Gasteiger partial charge in [-0.1, -0.05) is 96.8 Å². The van der Waals surface area contributed by atoms with Crippen molar-refractivity contribution in [3.63, 3.8) is 0 Å². The Hall–Kier alpha value is -0.633. The summed E-state index contributed by atoms with van der Waals surface area (Å²) >= 11 is 0. The fourth-order valence-corrected chi connectivity index (χ4v) is 6.80. The molecule has 0 radical (unpaired) electrons. The van der Waals surface area contributed by atoms with Crippen LogP contribution < -0.4 is 5.32 Å². The van der Waals surface area contributed by atoms with Gasteiger partial charge in [-0.15, -0.1) is 0 Å². The van der Waals surface area contributed by atoms with Gasteiger partial charge >= 0.3 is 14.9 Å². The highest BCUT2D eigenvalue weighted by Crippen LogP contribution is 2.18. The number of alkyl carbamates (subject to hydrolysis) is 1. The standard InChI is InChI=1S/C27H57NO5Si/c1-5-9-10-11-12-13-14-15-16-17-18-19-20-21-22-25-30-27(29)28-24-23-26-34(31-6-2,32-7-3)33-8-4/h5-26H2,1-4H3,(H,28,29). The molecular weight excluding hydrogens is 446 g/mol. The zero-order valence-corrected chi connectivity index (χ0v) is 24.1. The summed E-state index contributed by atoms with van der Waals surface area (Å²) in [4.78, 5) is 11.9. The topological polar surface area (TPSA) is 66.0 Å². The van der Waals surface area contributed by atoms with E-state index in [1.807, 2.05) is 20.8 Å². The van der Waals surface area contributed by atoms with Crippen molar-refractivity contribution >= 4 is 14.9 Å². The van der Waals surface area contributed by atoms with Gasteiger partial charge in [0.2, 0.25) is 0 Å². The molecule has 34 heavy (non-hydrogen) atoms. The normalized spacial score (nSPS) is 11.6. The predicted octanol–water partition coefficient (Wildman–Crippen LogP) is 8.02. The van der Waals surface area contributed by atoms with Gasteiger partial charge in [-0.25, -0.2) is 4.79 Å². The highest BCUT2D eigenvalue weighted by Gasteiger charge is 2.39. The van der Waals surface area contributed by atoms with E-state index in [1.165, 1.54) is 83.5 Å². The fourth-order valence-electron chi connectivity index (χ4n) is 4.19. The van der Waals surface area contributed by atoms with Crippen LogP contribution in [0, 0.1) is 0 Å². The van der Waals surface area contributed by atoms with Crippen molar-refractivity contribution in [2.45, 2.75) is 136 Å². The second-order valence-corrected chi connectivity index (χ2v) is 11.8. The van der Waals surface area contributed by atoms with E-state index in [0.717, 1.165) is 19.3 Å². The minimum Gasteiger partial charge on any atom is -0.450 e. The smallest absolute Gasteiger partial charge is 0.450 e. The van der Waals surface area contributed by atoms with E-state index in [4.69, 9.17) is 18.0 Å². The lowest BCUT2D eigenvalue weighted by atomic mass is 10.0. The van der Waals surface area contributed by atoms with Crippen LogP contribution in [0.15, 0.2) is 0 Å². The molecule has 0 rings (SSSR count). The highest BCUT2D eigenvalue weighted by molar-refractivity contribution is 6.60. The zero-order valence-electron chi connectivity index (χ0n) is 23.1. The third kappa shape index (κ3) is 20.7. The van der Waals surface area contributed by atoms with Crippen LogP contribution in [-0.2, 0) is 18.0 Å². The van der Waals surface area contributed by atoms with Gasteiger partial charge in [0.1, 0.15) is 0 Å². The molecule has 0 aliphatic rings. The Morgan fingerprint density at radius 2 is 1.00 bits per heavy atom. The third-order valence-corrected chi connectivity index (χ3v) is 9.15. The van der Waals surface area contributed by atoms with E-state index in [-0.39, 0.29) is 6.09 Å². The van der Waals surface area contributed by atoms with Crippen molar-refractivity contribution in [2.24, 2.45) is 0 Å². The van der Waals surface area contributed by atoms with E-state index in [2.05, 4.69) is 12.2 Å². The zero-order chi connectivity index (χ0) is 25.2. The molecule has 1 amide bonds. The number of hydrogen-bond donors (Lipinski definition) is 1. The summed E-state index contributed by atoms with van der Waals surface area (Å²) in [6.07, 6.45) is 20.4. The number of ether oxygens (including phenoxy) is 1. The monoisotopic (exact) mass is 503 g/mol. The Balaban J connectivity index is 3.51. The summed E-state index contributed by atoms with van der Waals surface area (Å²) in [5.41, 5.74) is 0. The van der Waals surface area contributed by atoms with Crippen molar-refractivity contribution in [1.82, 2.24) is 5.32 Å². The predicted molar refractivity (Wildman–Crippen MR) is 144 cm³/mol. The summed E-state index contributed by atoms with van der Waals surface area (Å²) in [5.74, 6) is 0.